The maximum Gasteiger partial charge on any atom is 0.323 e. The van der Waals surface area contributed by atoms with Crippen molar-refractivity contribution in [1.82, 2.24) is 0 Å². The second-order valence-electron chi connectivity index (χ2n) is 1.50. The predicted molar refractivity (Wildman–Crippen MR) is 49.0 cm³/mol. The topological polar surface area (TPSA) is 116 Å². The van der Waals surface area contributed by atoms with Crippen molar-refractivity contribution in [2.75, 3.05) is 19.9 Å². The van der Waals surface area contributed by atoms with Gasteiger partial charge in [0.05, 0.1) is 6.54 Å². The molecule has 1 atom stereocenters. The van der Waals surface area contributed by atoms with E-state index in [-0.39, 0.29) is 6.54 Å². The first-order valence-electron chi connectivity index (χ1n) is 2.81. The average molecular weight is 216 g/mol. The van der Waals surface area contributed by atoms with Crippen LogP contribution in [0.1, 0.15) is 0 Å². The highest BCUT2D eigenvalue weighted by Crippen LogP contribution is 2.48. The van der Waals surface area contributed by atoms with Crippen LogP contribution in [0.15, 0.2) is 0 Å². The molecule has 5 N–H and O–H groups in total. The van der Waals surface area contributed by atoms with E-state index in [1.807, 2.05) is 0 Å². The first-order valence-corrected chi connectivity index (χ1v) is 6.34. The second kappa shape index (κ2) is 7.57. The van der Waals surface area contributed by atoms with Crippen LogP contribution in [0.5, 0.6) is 0 Å². The lowest BCUT2D eigenvalue weighted by Gasteiger charge is -2.02. The Morgan fingerprint density at radius 1 is 1.75 bits per heavy atom. The summed E-state index contributed by atoms with van der Waals surface area (Å²) in [7, 11) is 1.33. The third kappa shape index (κ3) is 12.6. The van der Waals surface area contributed by atoms with Crippen molar-refractivity contribution in [1.29, 1.82) is 0 Å². The third-order valence-electron chi connectivity index (χ3n) is 0.684. The van der Waals surface area contributed by atoms with Gasteiger partial charge < -0.3 is 15.4 Å². The summed E-state index contributed by atoms with van der Waals surface area (Å²) in [4.78, 5) is 9.24. The van der Waals surface area contributed by atoms with Crippen molar-refractivity contribution in [3.63, 3.8) is 0 Å². The molecule has 0 aromatic rings. The lowest BCUT2D eigenvalue weighted by molar-refractivity contribution is -0.135. The Morgan fingerprint density at radius 3 is 2.08 bits per heavy atom. The molecule has 12 heavy (non-hydrogen) atoms. The number of carbonyl (C=O) groups is 1. The molecule has 0 aliphatic heterocycles. The van der Waals surface area contributed by atoms with Crippen molar-refractivity contribution >= 4 is 24.1 Å². The summed E-state index contributed by atoms with van der Waals surface area (Å²) in [5.74, 6) is -0.968. The first-order chi connectivity index (χ1) is 5.39. The van der Waals surface area contributed by atoms with Crippen LogP contribution in [-0.4, -0.2) is 31.0 Å². The molecule has 0 radical (unpaired) electrons. The fourth-order valence-electron chi connectivity index (χ4n) is 0.0745. The molecule has 0 rings (SSSR count). The molecule has 0 aliphatic rings. The molecule has 0 aromatic heterocycles. The SMILES string of the molecule is COP(N)(=O)SC.NCC(=O)O. The van der Waals surface area contributed by atoms with Gasteiger partial charge in [0.25, 0.3) is 0 Å². The predicted octanol–water partition coefficient (Wildman–Crippen LogP) is 0.0923. The molecule has 0 saturated heterocycles. The van der Waals surface area contributed by atoms with E-state index in [1.54, 1.807) is 6.26 Å². The number of hydrogen-bond acceptors (Lipinski definition) is 5. The molecule has 1 unspecified atom stereocenters. The van der Waals surface area contributed by atoms with Crippen LogP contribution in [0.2, 0.25) is 0 Å². The quantitative estimate of drug-likeness (QED) is 0.572. The van der Waals surface area contributed by atoms with Crippen LogP contribution in [0.3, 0.4) is 0 Å². The Kier molecular flexibility index (Phi) is 9.12. The van der Waals surface area contributed by atoms with E-state index in [0.717, 1.165) is 11.4 Å². The molecular formula is C4H13N2O4PS. The van der Waals surface area contributed by atoms with Crippen LogP contribution in [-0.2, 0) is 13.9 Å². The minimum atomic E-state index is -2.74. The summed E-state index contributed by atoms with van der Waals surface area (Å²) in [5.41, 5.74) is 9.58. The van der Waals surface area contributed by atoms with Gasteiger partial charge in [0, 0.05) is 7.11 Å². The summed E-state index contributed by atoms with van der Waals surface area (Å²) < 4.78 is 14.9. The van der Waals surface area contributed by atoms with Gasteiger partial charge >= 0.3 is 12.7 Å². The zero-order valence-electron chi connectivity index (χ0n) is 6.89. The van der Waals surface area contributed by atoms with Crippen LogP contribution >= 0.6 is 18.1 Å². The van der Waals surface area contributed by atoms with Crippen molar-refractivity contribution in [2.24, 2.45) is 11.2 Å². The monoisotopic (exact) mass is 216 g/mol. The van der Waals surface area contributed by atoms with Gasteiger partial charge in [0.1, 0.15) is 0 Å². The molecule has 6 nitrogen and oxygen atoms in total. The Bertz CT molecular complexity index is 168. The molecule has 0 amide bonds. The molecule has 0 fully saturated rings. The smallest absolute Gasteiger partial charge is 0.323 e. The maximum absolute atomic E-state index is 10.5. The van der Waals surface area contributed by atoms with E-state index in [1.165, 1.54) is 7.11 Å². The molecule has 0 spiro atoms. The molecule has 74 valence electrons. The largest absolute Gasteiger partial charge is 0.480 e. The van der Waals surface area contributed by atoms with E-state index in [0.29, 0.717) is 0 Å². The minimum absolute atomic E-state index is 0.278. The van der Waals surface area contributed by atoms with Crippen molar-refractivity contribution in [2.45, 2.75) is 0 Å². The van der Waals surface area contributed by atoms with Crippen LogP contribution < -0.4 is 11.2 Å². The normalized spacial score (nSPS) is 14.0. The van der Waals surface area contributed by atoms with E-state index in [2.05, 4.69) is 10.3 Å². The van der Waals surface area contributed by atoms with E-state index in [4.69, 9.17) is 10.6 Å². The Balaban J connectivity index is 0. The first kappa shape index (κ1) is 14.5. The van der Waals surface area contributed by atoms with Crippen LogP contribution in [0.25, 0.3) is 0 Å². The lowest BCUT2D eigenvalue weighted by atomic mass is 10.7. The Labute approximate surface area is 74.9 Å². The van der Waals surface area contributed by atoms with Gasteiger partial charge in [-0.25, -0.2) is 0 Å². The van der Waals surface area contributed by atoms with Crippen molar-refractivity contribution in [3.8, 4) is 0 Å². The van der Waals surface area contributed by atoms with Crippen molar-refractivity contribution in [3.05, 3.63) is 0 Å². The number of carboxylic acids is 1. The summed E-state index contributed by atoms with van der Waals surface area (Å²) in [6, 6.07) is 0. The number of nitrogens with two attached hydrogens (primary N) is 2. The molecule has 0 aromatic carbocycles. The number of hydrogen-bond donors (Lipinski definition) is 3. The zero-order chi connectivity index (χ0) is 10.2. The summed E-state index contributed by atoms with van der Waals surface area (Å²) in [6.07, 6.45) is 1.64. The fraction of sp³-hybridized carbons (Fsp3) is 0.750. The molecule has 8 heteroatoms. The third-order valence-corrected chi connectivity index (χ3v) is 3.68. The zero-order valence-corrected chi connectivity index (χ0v) is 8.60. The van der Waals surface area contributed by atoms with Crippen LogP contribution in [0, 0.1) is 0 Å². The lowest BCUT2D eigenvalue weighted by Crippen LogP contribution is -2.10. The van der Waals surface area contributed by atoms with E-state index >= 15 is 0 Å². The van der Waals surface area contributed by atoms with Gasteiger partial charge in [-0.1, -0.05) is 11.4 Å². The average Bonchev–Trinajstić information content (AvgIpc) is 2.05. The van der Waals surface area contributed by atoms with Gasteiger partial charge in [-0.15, -0.1) is 0 Å². The number of carboxylic acid groups (broad SMARTS) is 1. The second-order valence-corrected chi connectivity index (χ2v) is 5.94. The summed E-state index contributed by atoms with van der Waals surface area (Å²) in [6.45, 7) is -3.02. The highest BCUT2D eigenvalue weighted by atomic mass is 32.7. The number of aliphatic carboxylic acids is 1. The fourth-order valence-corrected chi connectivity index (χ4v) is 0.671. The molecule has 0 bridgehead atoms. The minimum Gasteiger partial charge on any atom is -0.480 e. The summed E-state index contributed by atoms with van der Waals surface area (Å²) in [5, 5.41) is 7.60. The molecular weight excluding hydrogens is 203 g/mol. The van der Waals surface area contributed by atoms with Crippen LogP contribution in [0.4, 0.5) is 0 Å². The molecule has 0 saturated carbocycles. The van der Waals surface area contributed by atoms with Gasteiger partial charge in [-0.2, -0.15) is 0 Å². The van der Waals surface area contributed by atoms with E-state index < -0.39 is 12.7 Å². The van der Waals surface area contributed by atoms with E-state index in [9.17, 15) is 9.36 Å². The number of rotatable bonds is 3. The Hall–Kier alpha value is -0.0700. The van der Waals surface area contributed by atoms with Gasteiger partial charge in [-0.3, -0.25) is 14.9 Å². The molecule has 0 heterocycles. The maximum atomic E-state index is 10.5. The highest BCUT2D eigenvalue weighted by molar-refractivity contribution is 8.55. The van der Waals surface area contributed by atoms with Gasteiger partial charge in [-0.05, 0) is 6.26 Å². The van der Waals surface area contributed by atoms with Crippen molar-refractivity contribution < 1.29 is 19.0 Å². The standard InChI is InChI=1S/C2H8NO2PS.C2H5NO2/c1-5-6(3,4)7-2;3-1-2(4)5/h1-2H3,(H2,3,4);1,3H2,(H,4,5). The highest BCUT2D eigenvalue weighted by Gasteiger charge is 2.09. The van der Waals surface area contributed by atoms with Gasteiger partial charge in [0.2, 0.25) is 0 Å². The van der Waals surface area contributed by atoms with Gasteiger partial charge in [0.15, 0.2) is 0 Å². The molecule has 0 aliphatic carbocycles. The Morgan fingerprint density at radius 2 is 2.08 bits per heavy atom. The summed E-state index contributed by atoms with van der Waals surface area (Å²) >= 11 is 1.04.